The van der Waals surface area contributed by atoms with Crippen LogP contribution in [0.2, 0.25) is 0 Å². The molecule has 0 saturated heterocycles. The molecule has 0 aliphatic heterocycles. The van der Waals surface area contributed by atoms with Crippen molar-refractivity contribution in [2.45, 2.75) is 20.0 Å². The molecule has 33 heavy (non-hydrogen) atoms. The van der Waals surface area contributed by atoms with Crippen LogP contribution in [0.25, 0.3) is 11.5 Å². The highest BCUT2D eigenvalue weighted by molar-refractivity contribution is 5.92. The maximum Gasteiger partial charge on any atom is 0.254 e. The number of hydrogen-bond donors (Lipinski definition) is 2. The Morgan fingerprint density at radius 1 is 0.848 bits per heavy atom. The topological polar surface area (TPSA) is 106 Å². The molecule has 0 aliphatic rings. The third-order valence-corrected chi connectivity index (χ3v) is 4.63. The highest BCUT2D eigenvalue weighted by Gasteiger charge is 2.09. The van der Waals surface area contributed by atoms with Crippen LogP contribution in [0.4, 0.5) is 11.4 Å². The third-order valence-electron chi connectivity index (χ3n) is 4.63. The summed E-state index contributed by atoms with van der Waals surface area (Å²) in [5.41, 5.74) is 3.04. The molecule has 8 heteroatoms. The molecular formula is C25H22N4O4. The Morgan fingerprint density at radius 3 is 2.21 bits per heavy atom. The van der Waals surface area contributed by atoms with Crippen molar-refractivity contribution >= 4 is 23.2 Å². The predicted molar refractivity (Wildman–Crippen MR) is 124 cm³/mol. The molecule has 4 rings (SSSR count). The number of ether oxygens (including phenoxy) is 1. The second kappa shape index (κ2) is 10.2. The van der Waals surface area contributed by atoms with E-state index in [0.29, 0.717) is 28.9 Å². The first-order chi connectivity index (χ1) is 16.0. The quantitative estimate of drug-likeness (QED) is 0.417. The van der Waals surface area contributed by atoms with Crippen LogP contribution in [0.1, 0.15) is 18.4 Å². The van der Waals surface area contributed by atoms with Gasteiger partial charge in [0.15, 0.2) is 6.61 Å². The van der Waals surface area contributed by atoms with E-state index in [-0.39, 0.29) is 24.8 Å². The number of aromatic nitrogens is 2. The minimum Gasteiger partial charge on any atom is -0.484 e. The van der Waals surface area contributed by atoms with E-state index < -0.39 is 0 Å². The van der Waals surface area contributed by atoms with Gasteiger partial charge in [-0.3, -0.25) is 9.59 Å². The standard InChI is InChI=1S/C25H22N4O4/c1-17(30)26-20-9-7-18(8-10-20)15-23(31)27-21-11-13-22(14-12-21)32-16-24-28-29-25(33-24)19-5-3-2-4-6-19/h2-14H,15-16H2,1H3,(H,26,30)(H,27,31). The summed E-state index contributed by atoms with van der Waals surface area (Å²) in [7, 11) is 0. The molecule has 2 N–H and O–H groups in total. The zero-order chi connectivity index (χ0) is 23.0. The maximum atomic E-state index is 12.3. The van der Waals surface area contributed by atoms with Crippen LogP contribution in [-0.2, 0) is 22.6 Å². The summed E-state index contributed by atoms with van der Waals surface area (Å²) in [6, 6.07) is 23.7. The zero-order valence-corrected chi connectivity index (χ0v) is 17.9. The molecule has 0 bridgehead atoms. The summed E-state index contributed by atoms with van der Waals surface area (Å²) in [6.07, 6.45) is 0.222. The third kappa shape index (κ3) is 6.27. The van der Waals surface area contributed by atoms with Gasteiger partial charge >= 0.3 is 0 Å². The van der Waals surface area contributed by atoms with E-state index in [9.17, 15) is 9.59 Å². The summed E-state index contributed by atoms with van der Waals surface area (Å²) >= 11 is 0. The molecule has 0 aliphatic carbocycles. The number of rotatable bonds is 8. The van der Waals surface area contributed by atoms with Gasteiger partial charge < -0.3 is 19.8 Å². The first-order valence-electron chi connectivity index (χ1n) is 10.3. The van der Waals surface area contributed by atoms with Gasteiger partial charge in [-0.1, -0.05) is 30.3 Å². The van der Waals surface area contributed by atoms with Gasteiger partial charge in [0.2, 0.25) is 17.7 Å². The smallest absolute Gasteiger partial charge is 0.254 e. The van der Waals surface area contributed by atoms with Crippen molar-refractivity contribution < 1.29 is 18.7 Å². The van der Waals surface area contributed by atoms with Gasteiger partial charge in [0.05, 0.1) is 6.42 Å². The fourth-order valence-corrected chi connectivity index (χ4v) is 3.09. The molecule has 166 valence electrons. The van der Waals surface area contributed by atoms with Gasteiger partial charge in [0, 0.05) is 23.9 Å². The number of carbonyl (C=O) groups is 2. The molecule has 0 saturated carbocycles. The molecule has 3 aromatic carbocycles. The number of anilines is 2. The summed E-state index contributed by atoms with van der Waals surface area (Å²) in [6.45, 7) is 1.59. The zero-order valence-electron chi connectivity index (χ0n) is 17.9. The Hall–Kier alpha value is -4.46. The molecule has 0 spiro atoms. The van der Waals surface area contributed by atoms with Crippen molar-refractivity contribution in [2.24, 2.45) is 0 Å². The van der Waals surface area contributed by atoms with E-state index in [2.05, 4.69) is 20.8 Å². The number of nitrogens with zero attached hydrogens (tertiary/aromatic N) is 2. The lowest BCUT2D eigenvalue weighted by atomic mass is 10.1. The second-order valence-corrected chi connectivity index (χ2v) is 7.28. The van der Waals surface area contributed by atoms with E-state index in [1.165, 1.54) is 6.92 Å². The lowest BCUT2D eigenvalue weighted by Crippen LogP contribution is -2.14. The van der Waals surface area contributed by atoms with Crippen LogP contribution in [0.5, 0.6) is 5.75 Å². The summed E-state index contributed by atoms with van der Waals surface area (Å²) in [5, 5.41) is 13.6. The Labute approximate surface area is 190 Å². The monoisotopic (exact) mass is 442 g/mol. The second-order valence-electron chi connectivity index (χ2n) is 7.28. The number of carbonyl (C=O) groups excluding carboxylic acids is 2. The van der Waals surface area contributed by atoms with Crippen molar-refractivity contribution in [2.75, 3.05) is 10.6 Å². The molecule has 0 radical (unpaired) electrons. The Bertz CT molecular complexity index is 1220. The van der Waals surface area contributed by atoms with E-state index in [0.717, 1.165) is 11.1 Å². The van der Waals surface area contributed by atoms with Crippen LogP contribution < -0.4 is 15.4 Å². The Kier molecular flexibility index (Phi) is 6.75. The number of benzene rings is 3. The van der Waals surface area contributed by atoms with Crippen LogP contribution in [0.3, 0.4) is 0 Å². The highest BCUT2D eigenvalue weighted by Crippen LogP contribution is 2.20. The molecule has 4 aromatic rings. The van der Waals surface area contributed by atoms with E-state index in [1.54, 1.807) is 36.4 Å². The first-order valence-corrected chi connectivity index (χ1v) is 10.3. The van der Waals surface area contributed by atoms with Crippen LogP contribution in [0, 0.1) is 0 Å². The first kappa shape index (κ1) is 21.8. The molecule has 1 heterocycles. The van der Waals surface area contributed by atoms with Crippen molar-refractivity contribution in [3.8, 4) is 17.2 Å². The number of nitrogens with one attached hydrogen (secondary N) is 2. The molecule has 0 atom stereocenters. The average molecular weight is 442 g/mol. The van der Waals surface area contributed by atoms with E-state index in [4.69, 9.17) is 9.15 Å². The number of hydrogen-bond acceptors (Lipinski definition) is 6. The van der Waals surface area contributed by atoms with Crippen molar-refractivity contribution in [3.63, 3.8) is 0 Å². The summed E-state index contributed by atoms with van der Waals surface area (Å²) < 4.78 is 11.3. The number of amides is 2. The normalized spacial score (nSPS) is 10.5. The minimum atomic E-state index is -0.143. The molecule has 1 aromatic heterocycles. The Balaban J connectivity index is 1.26. The Morgan fingerprint density at radius 2 is 1.52 bits per heavy atom. The fraction of sp³-hybridized carbons (Fsp3) is 0.120. The van der Waals surface area contributed by atoms with E-state index in [1.807, 2.05) is 42.5 Å². The SMILES string of the molecule is CC(=O)Nc1ccc(CC(=O)Nc2ccc(OCc3nnc(-c4ccccc4)o3)cc2)cc1. The van der Waals surface area contributed by atoms with Gasteiger partial charge in [-0.2, -0.15) is 0 Å². The van der Waals surface area contributed by atoms with Gasteiger partial charge in [-0.15, -0.1) is 10.2 Å². The van der Waals surface area contributed by atoms with Gasteiger partial charge in [0.1, 0.15) is 5.75 Å². The maximum absolute atomic E-state index is 12.3. The molecule has 8 nitrogen and oxygen atoms in total. The van der Waals surface area contributed by atoms with Crippen LogP contribution in [0.15, 0.2) is 83.3 Å². The van der Waals surface area contributed by atoms with Gasteiger partial charge in [-0.05, 0) is 54.1 Å². The summed E-state index contributed by atoms with van der Waals surface area (Å²) in [4.78, 5) is 23.4. The van der Waals surface area contributed by atoms with E-state index >= 15 is 0 Å². The predicted octanol–water partition coefficient (Wildman–Crippen LogP) is 4.46. The molecule has 0 fully saturated rings. The van der Waals surface area contributed by atoms with Crippen LogP contribution in [-0.4, -0.2) is 22.0 Å². The molecule has 0 unspecified atom stereocenters. The van der Waals surface area contributed by atoms with Crippen LogP contribution >= 0.6 is 0 Å². The van der Waals surface area contributed by atoms with Gasteiger partial charge in [-0.25, -0.2) is 0 Å². The van der Waals surface area contributed by atoms with Crippen molar-refractivity contribution in [1.82, 2.24) is 10.2 Å². The molecular weight excluding hydrogens is 420 g/mol. The summed E-state index contributed by atoms with van der Waals surface area (Å²) in [5.74, 6) is 1.14. The average Bonchev–Trinajstić information content (AvgIpc) is 3.29. The largest absolute Gasteiger partial charge is 0.484 e. The van der Waals surface area contributed by atoms with Gasteiger partial charge in [0.25, 0.3) is 5.89 Å². The molecule has 2 amide bonds. The fourth-order valence-electron chi connectivity index (χ4n) is 3.09. The minimum absolute atomic E-state index is 0.137. The highest BCUT2D eigenvalue weighted by atomic mass is 16.5. The lowest BCUT2D eigenvalue weighted by molar-refractivity contribution is -0.116. The van der Waals surface area contributed by atoms with Crippen molar-refractivity contribution in [1.29, 1.82) is 0 Å². The lowest BCUT2D eigenvalue weighted by Gasteiger charge is -2.08. The van der Waals surface area contributed by atoms with Crippen molar-refractivity contribution in [3.05, 3.63) is 90.3 Å².